The van der Waals surface area contributed by atoms with Crippen LogP contribution in [0, 0.1) is 0 Å². The van der Waals surface area contributed by atoms with Gasteiger partial charge in [-0.3, -0.25) is 10.1 Å². The molecule has 5 nitrogen and oxygen atoms in total. The van der Waals surface area contributed by atoms with Crippen LogP contribution in [0.5, 0.6) is 0 Å². The van der Waals surface area contributed by atoms with Crippen LogP contribution in [0.2, 0.25) is 0 Å². The van der Waals surface area contributed by atoms with Gasteiger partial charge in [0.2, 0.25) is 0 Å². The summed E-state index contributed by atoms with van der Waals surface area (Å²) in [5.41, 5.74) is 1.26. The number of hydrogen-bond donors (Lipinski definition) is 2. The first-order valence-electron chi connectivity index (χ1n) is 8.69. The number of amides is 1. The van der Waals surface area contributed by atoms with Crippen LogP contribution in [0.15, 0.2) is 30.3 Å². The van der Waals surface area contributed by atoms with Crippen molar-refractivity contribution in [1.82, 2.24) is 10.3 Å². The molecule has 1 fully saturated rings. The fourth-order valence-corrected chi connectivity index (χ4v) is 4.13. The number of methoxy groups -OCH3 is 1. The van der Waals surface area contributed by atoms with Crippen LogP contribution in [0.4, 0.5) is 5.13 Å². The fraction of sp³-hybridized carbons (Fsp3) is 0.474. The lowest BCUT2D eigenvalue weighted by Gasteiger charge is -2.34. The second-order valence-corrected chi connectivity index (χ2v) is 7.69. The van der Waals surface area contributed by atoms with Crippen molar-refractivity contribution >= 4 is 34.8 Å². The van der Waals surface area contributed by atoms with Gasteiger partial charge in [0.15, 0.2) is 5.13 Å². The summed E-state index contributed by atoms with van der Waals surface area (Å²) < 4.78 is 5.61. The number of thiazole rings is 1. The lowest BCUT2D eigenvalue weighted by molar-refractivity contribution is -0.140. The predicted molar refractivity (Wildman–Crippen MR) is 109 cm³/mol. The molecule has 2 heterocycles. The quantitative estimate of drug-likeness (QED) is 0.801. The van der Waals surface area contributed by atoms with Crippen molar-refractivity contribution < 1.29 is 9.53 Å². The Morgan fingerprint density at radius 3 is 2.50 bits per heavy atom. The fourth-order valence-electron chi connectivity index (χ4n) is 3.15. The number of hydrogen-bond acceptors (Lipinski definition) is 5. The maximum absolute atomic E-state index is 12.9. The van der Waals surface area contributed by atoms with Crippen molar-refractivity contribution in [3.05, 3.63) is 35.2 Å². The third-order valence-corrected chi connectivity index (χ3v) is 5.93. The summed E-state index contributed by atoms with van der Waals surface area (Å²) >= 11 is 1.55. The normalized spacial score (nSPS) is 16.2. The number of rotatable bonds is 5. The van der Waals surface area contributed by atoms with Gasteiger partial charge in [0.1, 0.15) is 5.60 Å². The molecule has 1 amide bonds. The number of carbonyl (C=O) groups excluding carboxylic acids is 1. The van der Waals surface area contributed by atoms with Crippen molar-refractivity contribution in [1.29, 1.82) is 0 Å². The van der Waals surface area contributed by atoms with Gasteiger partial charge in [-0.25, -0.2) is 4.98 Å². The van der Waals surface area contributed by atoms with E-state index < -0.39 is 5.60 Å². The zero-order chi connectivity index (χ0) is 17.9. The Labute approximate surface area is 165 Å². The van der Waals surface area contributed by atoms with Gasteiger partial charge in [-0.1, -0.05) is 44.2 Å². The van der Waals surface area contributed by atoms with Gasteiger partial charge in [0.05, 0.1) is 5.69 Å². The Hall–Kier alpha value is -1.47. The van der Waals surface area contributed by atoms with Crippen LogP contribution in [0.1, 0.15) is 37.5 Å². The molecule has 2 aromatic rings. The minimum atomic E-state index is -0.762. The standard InChI is InChI=1S/C19H25N3O2S.ClH/c1-13(2)16-15(14-7-5-4-6-8-14)21-18(25-16)22-17(23)19(24-3)9-11-20-12-10-19;/h4-8,13,20H,9-12H2,1-3H3,(H,21,22,23);1H. The summed E-state index contributed by atoms with van der Waals surface area (Å²) in [6.45, 7) is 5.86. The Morgan fingerprint density at radius 1 is 1.27 bits per heavy atom. The maximum atomic E-state index is 12.9. The molecule has 7 heteroatoms. The molecule has 3 rings (SSSR count). The molecule has 26 heavy (non-hydrogen) atoms. The third kappa shape index (κ3) is 4.26. The zero-order valence-electron chi connectivity index (χ0n) is 15.4. The summed E-state index contributed by atoms with van der Waals surface area (Å²) in [5, 5.41) is 6.91. The molecule has 0 spiro atoms. The van der Waals surface area contributed by atoms with Gasteiger partial charge < -0.3 is 10.1 Å². The Kier molecular flexibility index (Phi) is 7.17. The molecular weight excluding hydrogens is 370 g/mol. The van der Waals surface area contributed by atoms with E-state index in [9.17, 15) is 4.79 Å². The summed E-state index contributed by atoms with van der Waals surface area (Å²) in [7, 11) is 1.61. The van der Waals surface area contributed by atoms with E-state index in [0.29, 0.717) is 23.9 Å². The van der Waals surface area contributed by atoms with E-state index in [1.54, 1.807) is 18.4 Å². The number of anilines is 1. The van der Waals surface area contributed by atoms with Gasteiger partial charge in [-0.15, -0.1) is 23.7 Å². The Bertz CT molecular complexity index is 728. The highest BCUT2D eigenvalue weighted by Crippen LogP contribution is 2.36. The Morgan fingerprint density at radius 2 is 1.92 bits per heavy atom. The molecule has 1 aliphatic rings. The molecule has 0 bridgehead atoms. The topological polar surface area (TPSA) is 63.2 Å². The van der Waals surface area contributed by atoms with Crippen LogP contribution in [-0.2, 0) is 9.53 Å². The maximum Gasteiger partial charge on any atom is 0.258 e. The molecule has 1 aliphatic heterocycles. The van der Waals surface area contributed by atoms with Gasteiger partial charge in [-0.2, -0.15) is 0 Å². The number of ether oxygens (including phenoxy) is 1. The molecular formula is C19H26ClN3O2S. The summed E-state index contributed by atoms with van der Waals surface area (Å²) in [5.74, 6) is 0.244. The van der Waals surface area contributed by atoms with Crippen molar-refractivity contribution in [2.24, 2.45) is 0 Å². The number of aromatic nitrogens is 1. The molecule has 1 saturated heterocycles. The molecule has 0 saturated carbocycles. The van der Waals surface area contributed by atoms with Gasteiger partial charge in [0, 0.05) is 17.6 Å². The second kappa shape index (κ2) is 8.95. The van der Waals surface area contributed by atoms with Gasteiger partial charge in [0.25, 0.3) is 5.91 Å². The lowest BCUT2D eigenvalue weighted by Crippen LogP contribution is -2.51. The van der Waals surface area contributed by atoms with Crippen molar-refractivity contribution in [2.75, 3.05) is 25.5 Å². The average Bonchev–Trinajstić information content (AvgIpc) is 3.07. The van der Waals surface area contributed by atoms with E-state index in [-0.39, 0.29) is 18.3 Å². The minimum Gasteiger partial charge on any atom is -0.368 e. The van der Waals surface area contributed by atoms with E-state index in [2.05, 4.69) is 36.6 Å². The third-order valence-electron chi connectivity index (χ3n) is 4.66. The van der Waals surface area contributed by atoms with E-state index in [1.807, 2.05) is 18.2 Å². The predicted octanol–water partition coefficient (Wildman–Crippen LogP) is 4.06. The van der Waals surface area contributed by atoms with Crippen LogP contribution in [-0.4, -0.2) is 36.7 Å². The number of benzene rings is 1. The number of nitrogens with one attached hydrogen (secondary N) is 2. The molecule has 0 atom stereocenters. The summed E-state index contributed by atoms with van der Waals surface area (Å²) in [4.78, 5) is 18.7. The van der Waals surface area contributed by atoms with Crippen LogP contribution < -0.4 is 10.6 Å². The molecule has 0 aliphatic carbocycles. The highest BCUT2D eigenvalue weighted by atomic mass is 35.5. The van der Waals surface area contributed by atoms with Crippen molar-refractivity contribution in [2.45, 2.75) is 38.2 Å². The molecule has 0 radical (unpaired) electrons. The van der Waals surface area contributed by atoms with Crippen LogP contribution >= 0.6 is 23.7 Å². The first-order chi connectivity index (χ1) is 12.1. The molecule has 1 aromatic carbocycles. The second-order valence-electron chi connectivity index (χ2n) is 6.66. The van der Waals surface area contributed by atoms with E-state index in [4.69, 9.17) is 9.72 Å². The van der Waals surface area contributed by atoms with Crippen molar-refractivity contribution in [3.63, 3.8) is 0 Å². The highest BCUT2D eigenvalue weighted by molar-refractivity contribution is 7.16. The molecule has 1 aromatic heterocycles. The van der Waals surface area contributed by atoms with Gasteiger partial charge >= 0.3 is 0 Å². The first-order valence-corrected chi connectivity index (χ1v) is 9.51. The largest absolute Gasteiger partial charge is 0.368 e. The Balaban J connectivity index is 0.00000243. The smallest absolute Gasteiger partial charge is 0.258 e. The van der Waals surface area contributed by atoms with Gasteiger partial charge in [-0.05, 0) is 31.8 Å². The lowest BCUT2D eigenvalue weighted by atomic mass is 9.91. The molecule has 2 N–H and O–H groups in total. The SMILES string of the molecule is COC1(C(=O)Nc2nc(-c3ccccc3)c(C(C)C)s2)CCNCC1.Cl. The minimum absolute atomic E-state index is 0. The molecule has 142 valence electrons. The summed E-state index contributed by atoms with van der Waals surface area (Å²) in [6, 6.07) is 10.1. The summed E-state index contributed by atoms with van der Waals surface area (Å²) in [6.07, 6.45) is 1.34. The average molecular weight is 396 g/mol. The highest BCUT2D eigenvalue weighted by Gasteiger charge is 2.40. The number of carbonyl (C=O) groups is 1. The molecule has 0 unspecified atom stereocenters. The van der Waals surface area contributed by atoms with E-state index in [1.165, 1.54) is 4.88 Å². The number of halogens is 1. The number of nitrogens with zero attached hydrogens (tertiary/aromatic N) is 1. The number of piperidine rings is 1. The van der Waals surface area contributed by atoms with Crippen LogP contribution in [0.25, 0.3) is 11.3 Å². The monoisotopic (exact) mass is 395 g/mol. The van der Waals surface area contributed by atoms with E-state index in [0.717, 1.165) is 24.3 Å². The zero-order valence-corrected chi connectivity index (χ0v) is 17.0. The first kappa shape index (κ1) is 20.8. The van der Waals surface area contributed by atoms with Crippen molar-refractivity contribution in [3.8, 4) is 11.3 Å². The van der Waals surface area contributed by atoms with E-state index >= 15 is 0 Å². The van der Waals surface area contributed by atoms with Crippen LogP contribution in [0.3, 0.4) is 0 Å².